The molecule has 1 aromatic rings. The van der Waals surface area contributed by atoms with Gasteiger partial charge >= 0.3 is 0 Å². The fourth-order valence-corrected chi connectivity index (χ4v) is 2.52. The van der Waals surface area contributed by atoms with Crippen molar-refractivity contribution in [1.29, 1.82) is 0 Å². The van der Waals surface area contributed by atoms with Crippen LogP contribution in [0.1, 0.15) is 12.5 Å². The summed E-state index contributed by atoms with van der Waals surface area (Å²) in [7, 11) is 1.83. The Morgan fingerprint density at radius 2 is 2.05 bits per heavy atom. The number of nitrogens with one attached hydrogen (secondary N) is 1. The van der Waals surface area contributed by atoms with Gasteiger partial charge in [-0.3, -0.25) is 4.79 Å². The highest BCUT2D eigenvalue weighted by atomic mass is 35.5. The zero-order valence-electron chi connectivity index (χ0n) is 11.5. The summed E-state index contributed by atoms with van der Waals surface area (Å²) < 4.78 is 0. The topological polar surface area (TPSA) is 32.3 Å². The number of hydrogen-bond donors (Lipinski definition) is 1. The molecule has 6 heteroatoms. The van der Waals surface area contributed by atoms with Gasteiger partial charge in [0.1, 0.15) is 0 Å². The number of hydrogen-bond acceptors (Lipinski definition) is 2. The van der Waals surface area contributed by atoms with E-state index in [1.165, 1.54) is 0 Å². The van der Waals surface area contributed by atoms with Crippen LogP contribution in [0.3, 0.4) is 0 Å². The van der Waals surface area contributed by atoms with Crippen molar-refractivity contribution in [1.82, 2.24) is 10.2 Å². The molecule has 20 heavy (non-hydrogen) atoms. The first-order valence-electron chi connectivity index (χ1n) is 6.38. The number of carbonyl (C=O) groups excluding carboxylic acids is 1. The van der Waals surface area contributed by atoms with Crippen LogP contribution in [0.25, 0.3) is 0 Å². The van der Waals surface area contributed by atoms with Crippen LogP contribution >= 0.6 is 35.6 Å². The van der Waals surface area contributed by atoms with Gasteiger partial charge in [-0.15, -0.1) is 12.4 Å². The Kier molecular flexibility index (Phi) is 6.59. The average molecular weight is 338 g/mol. The monoisotopic (exact) mass is 336 g/mol. The Bertz CT molecular complexity index is 477. The summed E-state index contributed by atoms with van der Waals surface area (Å²) in [6, 6.07) is 5.47. The first-order chi connectivity index (χ1) is 8.99. The second kappa shape index (κ2) is 7.51. The van der Waals surface area contributed by atoms with Gasteiger partial charge in [-0.05, 0) is 36.7 Å². The van der Waals surface area contributed by atoms with Gasteiger partial charge < -0.3 is 10.2 Å². The van der Waals surface area contributed by atoms with E-state index < -0.39 is 0 Å². The smallest absolute Gasteiger partial charge is 0.225 e. The van der Waals surface area contributed by atoms with Crippen molar-refractivity contribution >= 4 is 41.5 Å². The lowest BCUT2D eigenvalue weighted by Gasteiger charge is -2.34. The van der Waals surface area contributed by atoms with Crippen molar-refractivity contribution in [3.05, 3.63) is 33.8 Å². The van der Waals surface area contributed by atoms with Gasteiger partial charge in [0.15, 0.2) is 0 Å². The largest absolute Gasteiger partial charge is 0.341 e. The minimum Gasteiger partial charge on any atom is -0.341 e. The molecule has 2 rings (SSSR count). The van der Waals surface area contributed by atoms with E-state index in [0.29, 0.717) is 22.5 Å². The molecule has 1 saturated heterocycles. The number of amides is 1. The van der Waals surface area contributed by atoms with Gasteiger partial charge in [-0.1, -0.05) is 36.2 Å². The maximum absolute atomic E-state index is 12.3. The fraction of sp³-hybridized carbons (Fsp3) is 0.500. The van der Waals surface area contributed by atoms with Gasteiger partial charge in [0.05, 0.1) is 10.0 Å². The van der Waals surface area contributed by atoms with Crippen molar-refractivity contribution in [2.24, 2.45) is 11.8 Å². The van der Waals surface area contributed by atoms with Crippen molar-refractivity contribution in [2.75, 3.05) is 20.1 Å². The van der Waals surface area contributed by atoms with E-state index in [2.05, 4.69) is 5.32 Å². The summed E-state index contributed by atoms with van der Waals surface area (Å²) >= 11 is 11.9. The summed E-state index contributed by atoms with van der Waals surface area (Å²) in [6.07, 6.45) is 0. The third-order valence-corrected chi connectivity index (χ3v) is 4.43. The molecule has 1 aromatic carbocycles. The van der Waals surface area contributed by atoms with E-state index in [9.17, 15) is 4.79 Å². The van der Waals surface area contributed by atoms with Crippen LogP contribution in [0.5, 0.6) is 0 Å². The predicted molar refractivity (Wildman–Crippen MR) is 85.7 cm³/mol. The van der Waals surface area contributed by atoms with E-state index in [1.807, 2.05) is 26.1 Å². The lowest BCUT2D eigenvalue weighted by atomic mass is 9.88. The Balaban J connectivity index is 0.00000200. The summed E-state index contributed by atoms with van der Waals surface area (Å²) in [6.45, 7) is 4.43. The summed E-state index contributed by atoms with van der Waals surface area (Å²) in [5, 5.41) is 4.26. The van der Waals surface area contributed by atoms with Crippen LogP contribution < -0.4 is 5.32 Å². The quantitative estimate of drug-likeness (QED) is 0.915. The molecule has 0 saturated carbocycles. The number of rotatable bonds is 4. The maximum atomic E-state index is 12.3. The third-order valence-electron chi connectivity index (χ3n) is 3.69. The molecule has 0 bridgehead atoms. The maximum Gasteiger partial charge on any atom is 0.225 e. The predicted octanol–water partition coefficient (Wildman–Crippen LogP) is 3.23. The molecule has 1 amide bonds. The highest BCUT2D eigenvalue weighted by Gasteiger charge is 2.30. The Morgan fingerprint density at radius 1 is 1.40 bits per heavy atom. The molecule has 112 valence electrons. The van der Waals surface area contributed by atoms with E-state index in [0.717, 1.165) is 18.7 Å². The molecule has 0 aromatic heterocycles. The van der Waals surface area contributed by atoms with Crippen LogP contribution in [0.2, 0.25) is 10.0 Å². The number of carbonyl (C=O) groups is 1. The molecule has 1 fully saturated rings. The van der Waals surface area contributed by atoms with Crippen LogP contribution in [-0.4, -0.2) is 30.9 Å². The summed E-state index contributed by atoms with van der Waals surface area (Å²) in [4.78, 5) is 14.0. The van der Waals surface area contributed by atoms with E-state index >= 15 is 0 Å². The standard InChI is InChI=1S/C14H18Cl2N2O.ClH/c1-9(11-6-17-7-11)14(19)18(2)8-10-3-4-12(15)13(16)5-10;/h3-5,9,11,17H,6-8H2,1-2H3;1H. The van der Waals surface area contributed by atoms with Gasteiger partial charge in [0, 0.05) is 19.5 Å². The number of halogens is 3. The SMILES string of the molecule is CC(C(=O)N(C)Cc1ccc(Cl)c(Cl)c1)C1CNC1.Cl. The molecule has 1 heterocycles. The van der Waals surface area contributed by atoms with Crippen molar-refractivity contribution in [2.45, 2.75) is 13.5 Å². The van der Waals surface area contributed by atoms with Crippen molar-refractivity contribution < 1.29 is 4.79 Å². The highest BCUT2D eigenvalue weighted by molar-refractivity contribution is 6.42. The van der Waals surface area contributed by atoms with E-state index in [4.69, 9.17) is 23.2 Å². The minimum absolute atomic E-state index is 0. The molecule has 1 aliphatic heterocycles. The van der Waals surface area contributed by atoms with Crippen LogP contribution in [0.15, 0.2) is 18.2 Å². The molecule has 0 spiro atoms. The second-order valence-electron chi connectivity index (χ2n) is 5.15. The lowest BCUT2D eigenvalue weighted by molar-refractivity contribution is -0.136. The van der Waals surface area contributed by atoms with Gasteiger partial charge in [-0.25, -0.2) is 0 Å². The first-order valence-corrected chi connectivity index (χ1v) is 7.14. The number of nitrogens with zero attached hydrogens (tertiary/aromatic N) is 1. The van der Waals surface area contributed by atoms with Gasteiger partial charge in [0.25, 0.3) is 0 Å². The van der Waals surface area contributed by atoms with Gasteiger partial charge in [-0.2, -0.15) is 0 Å². The van der Waals surface area contributed by atoms with Crippen LogP contribution in [0, 0.1) is 11.8 Å². The molecule has 3 nitrogen and oxygen atoms in total. The van der Waals surface area contributed by atoms with Crippen LogP contribution in [0.4, 0.5) is 0 Å². The lowest BCUT2D eigenvalue weighted by Crippen LogP contribution is -2.49. The fourth-order valence-electron chi connectivity index (χ4n) is 2.20. The molecule has 1 atom stereocenters. The van der Waals surface area contributed by atoms with E-state index in [1.54, 1.807) is 11.0 Å². The second-order valence-corrected chi connectivity index (χ2v) is 5.96. The normalized spacial score (nSPS) is 16.0. The first kappa shape index (κ1) is 17.6. The molecule has 1 aliphatic rings. The van der Waals surface area contributed by atoms with Crippen molar-refractivity contribution in [3.63, 3.8) is 0 Å². The van der Waals surface area contributed by atoms with Crippen molar-refractivity contribution in [3.8, 4) is 0 Å². The Labute approximate surface area is 136 Å². The zero-order chi connectivity index (χ0) is 14.0. The molecule has 0 aliphatic carbocycles. The summed E-state index contributed by atoms with van der Waals surface area (Å²) in [5.74, 6) is 0.704. The molecular formula is C14H19Cl3N2O. The molecule has 1 N–H and O–H groups in total. The highest BCUT2D eigenvalue weighted by Crippen LogP contribution is 2.24. The van der Waals surface area contributed by atoms with Gasteiger partial charge in [0.2, 0.25) is 5.91 Å². The Hall–Kier alpha value is -0.480. The molecule has 0 radical (unpaired) electrons. The van der Waals surface area contributed by atoms with E-state index in [-0.39, 0.29) is 24.2 Å². The zero-order valence-corrected chi connectivity index (χ0v) is 13.9. The Morgan fingerprint density at radius 3 is 2.55 bits per heavy atom. The van der Waals surface area contributed by atoms with Crippen LogP contribution in [-0.2, 0) is 11.3 Å². The minimum atomic E-state index is 0. The third kappa shape index (κ3) is 4.01. The summed E-state index contributed by atoms with van der Waals surface area (Å²) in [5.41, 5.74) is 0.990. The molecular weight excluding hydrogens is 319 g/mol. The number of benzene rings is 1. The molecule has 1 unspecified atom stereocenters. The average Bonchev–Trinajstić information content (AvgIpc) is 2.30.